The molecule has 20 heavy (non-hydrogen) atoms. The van der Waals surface area contributed by atoms with Crippen molar-refractivity contribution in [3.63, 3.8) is 0 Å². The van der Waals surface area contributed by atoms with E-state index in [1.807, 2.05) is 24.3 Å². The zero-order valence-corrected chi connectivity index (χ0v) is 12.3. The molecule has 1 aromatic carbocycles. The summed E-state index contributed by atoms with van der Waals surface area (Å²) in [5.41, 5.74) is 0.858. The molecule has 2 aromatic rings. The maximum atomic E-state index is 11.9. The topological polar surface area (TPSA) is 76.1 Å². The van der Waals surface area contributed by atoms with Crippen LogP contribution < -0.4 is 5.32 Å². The molecule has 0 aliphatic carbocycles. The number of amides is 1. The first kappa shape index (κ1) is 13.5. The number of carbonyl (C=O) groups is 1. The molecule has 7 heteroatoms. The summed E-state index contributed by atoms with van der Waals surface area (Å²) in [4.78, 5) is 16.2. The van der Waals surface area contributed by atoms with Gasteiger partial charge in [0.2, 0.25) is 5.91 Å². The van der Waals surface area contributed by atoms with Crippen molar-refractivity contribution in [3.8, 4) is 0 Å². The highest BCUT2D eigenvalue weighted by Crippen LogP contribution is 2.26. The van der Waals surface area contributed by atoms with Gasteiger partial charge in [-0.3, -0.25) is 4.79 Å². The van der Waals surface area contributed by atoms with Crippen molar-refractivity contribution >= 4 is 42.4 Å². The third kappa shape index (κ3) is 2.99. The number of benzene rings is 1. The van der Waals surface area contributed by atoms with Gasteiger partial charge in [0.1, 0.15) is 0 Å². The Labute approximate surface area is 120 Å². The summed E-state index contributed by atoms with van der Waals surface area (Å²) >= 11 is 1.42. The average molecular weight is 310 g/mol. The first-order valence-corrected chi connectivity index (χ1v) is 9.01. The molecular formula is C13H14N2O3S2. The van der Waals surface area contributed by atoms with Crippen LogP contribution in [-0.4, -0.2) is 30.8 Å². The summed E-state index contributed by atoms with van der Waals surface area (Å²) in [6.45, 7) is 0. The molecule has 5 nitrogen and oxygen atoms in total. The van der Waals surface area contributed by atoms with Crippen molar-refractivity contribution in [2.45, 2.75) is 12.8 Å². The normalized spacial score (nSPS) is 21.1. The van der Waals surface area contributed by atoms with E-state index < -0.39 is 9.84 Å². The lowest BCUT2D eigenvalue weighted by atomic mass is 10.1. The number of nitrogens with zero attached hydrogens (tertiary/aromatic N) is 1. The summed E-state index contributed by atoms with van der Waals surface area (Å²) in [5, 5.41) is 3.33. The van der Waals surface area contributed by atoms with Crippen LogP contribution in [0.15, 0.2) is 24.3 Å². The standard InChI is InChI=1S/C13H14N2O3S2/c16-12(7-9-5-6-20(17,18)8-9)15-13-14-10-3-1-2-4-11(10)19-13/h1-4,9H,5-8H2,(H,14,15,16)/t9-/m1/s1. The Morgan fingerprint density at radius 1 is 1.40 bits per heavy atom. The van der Waals surface area contributed by atoms with E-state index in [0.29, 0.717) is 11.6 Å². The number of hydrogen-bond donors (Lipinski definition) is 1. The van der Waals surface area contributed by atoms with Crippen LogP contribution in [0.5, 0.6) is 0 Å². The van der Waals surface area contributed by atoms with Crippen LogP contribution in [0.1, 0.15) is 12.8 Å². The number of para-hydroxylation sites is 1. The van der Waals surface area contributed by atoms with Gasteiger partial charge in [-0.2, -0.15) is 0 Å². The van der Waals surface area contributed by atoms with E-state index >= 15 is 0 Å². The van der Waals surface area contributed by atoms with Crippen LogP contribution in [0.3, 0.4) is 0 Å². The first-order valence-electron chi connectivity index (χ1n) is 6.38. The fourth-order valence-electron chi connectivity index (χ4n) is 2.39. The number of aromatic nitrogens is 1. The van der Waals surface area contributed by atoms with Crippen LogP contribution in [0.4, 0.5) is 5.13 Å². The van der Waals surface area contributed by atoms with Gasteiger partial charge in [-0.15, -0.1) is 0 Å². The van der Waals surface area contributed by atoms with Crippen molar-refractivity contribution in [2.24, 2.45) is 5.92 Å². The molecule has 1 aliphatic heterocycles. The molecule has 1 fully saturated rings. The van der Waals surface area contributed by atoms with Crippen LogP contribution in [0.25, 0.3) is 10.2 Å². The SMILES string of the molecule is O=C(C[C@H]1CCS(=O)(=O)C1)Nc1nc2ccccc2s1. The minimum Gasteiger partial charge on any atom is -0.302 e. The average Bonchev–Trinajstić information content (AvgIpc) is 2.91. The maximum absolute atomic E-state index is 11.9. The molecule has 0 spiro atoms. The predicted octanol–water partition coefficient (Wildman–Crippen LogP) is 2.06. The van der Waals surface area contributed by atoms with Gasteiger partial charge >= 0.3 is 0 Å². The third-order valence-corrected chi connectivity index (χ3v) is 6.13. The van der Waals surface area contributed by atoms with Gasteiger partial charge < -0.3 is 5.32 Å². The second-order valence-corrected chi connectivity index (χ2v) is 8.27. The minimum absolute atomic E-state index is 0.0608. The summed E-state index contributed by atoms with van der Waals surface area (Å²) in [6, 6.07) is 7.67. The van der Waals surface area contributed by atoms with Crippen molar-refractivity contribution in [1.82, 2.24) is 4.98 Å². The lowest BCUT2D eigenvalue weighted by molar-refractivity contribution is -0.116. The summed E-state index contributed by atoms with van der Waals surface area (Å²) in [6.07, 6.45) is 0.824. The monoisotopic (exact) mass is 310 g/mol. The largest absolute Gasteiger partial charge is 0.302 e. The number of thiazole rings is 1. The molecule has 3 rings (SSSR count). The fraction of sp³-hybridized carbons (Fsp3) is 0.385. The second-order valence-electron chi connectivity index (χ2n) is 5.01. The molecule has 0 bridgehead atoms. The highest BCUT2D eigenvalue weighted by atomic mass is 32.2. The molecule has 0 radical (unpaired) electrons. The second kappa shape index (κ2) is 5.14. The van der Waals surface area contributed by atoms with Gasteiger partial charge in [0, 0.05) is 6.42 Å². The van der Waals surface area contributed by atoms with Gasteiger partial charge in [-0.25, -0.2) is 13.4 Å². The summed E-state index contributed by atoms with van der Waals surface area (Å²) < 4.78 is 23.7. The number of hydrogen-bond acceptors (Lipinski definition) is 5. The number of sulfone groups is 1. The van der Waals surface area contributed by atoms with Gasteiger partial charge in [0.05, 0.1) is 21.7 Å². The van der Waals surface area contributed by atoms with Gasteiger partial charge in [0.15, 0.2) is 15.0 Å². The Morgan fingerprint density at radius 3 is 2.90 bits per heavy atom. The Bertz CT molecular complexity index is 719. The highest BCUT2D eigenvalue weighted by Gasteiger charge is 2.29. The van der Waals surface area contributed by atoms with E-state index in [1.165, 1.54) is 11.3 Å². The maximum Gasteiger partial charge on any atom is 0.226 e. The number of fused-ring (bicyclic) bond motifs is 1. The summed E-state index contributed by atoms with van der Waals surface area (Å²) in [7, 11) is -2.93. The fourth-order valence-corrected chi connectivity index (χ4v) is 5.14. The van der Waals surface area contributed by atoms with Crippen LogP contribution >= 0.6 is 11.3 Å². The molecule has 1 saturated heterocycles. The molecule has 1 atom stereocenters. The van der Waals surface area contributed by atoms with Gasteiger partial charge in [-0.1, -0.05) is 23.5 Å². The van der Waals surface area contributed by atoms with Crippen molar-refractivity contribution in [3.05, 3.63) is 24.3 Å². The van der Waals surface area contributed by atoms with E-state index in [0.717, 1.165) is 10.2 Å². The molecule has 0 saturated carbocycles. The Morgan fingerprint density at radius 2 is 2.20 bits per heavy atom. The van der Waals surface area contributed by atoms with Crippen LogP contribution in [-0.2, 0) is 14.6 Å². The smallest absolute Gasteiger partial charge is 0.226 e. The number of carbonyl (C=O) groups excluding carboxylic acids is 1. The third-order valence-electron chi connectivity index (χ3n) is 3.34. The molecule has 1 aliphatic rings. The molecular weight excluding hydrogens is 296 g/mol. The Kier molecular flexibility index (Phi) is 3.47. The Hall–Kier alpha value is -1.47. The highest BCUT2D eigenvalue weighted by molar-refractivity contribution is 7.91. The molecule has 1 aromatic heterocycles. The zero-order chi connectivity index (χ0) is 14.2. The quantitative estimate of drug-likeness (QED) is 0.941. The molecule has 2 heterocycles. The molecule has 1 N–H and O–H groups in total. The van der Waals surface area contributed by atoms with Gasteiger partial charge in [0.25, 0.3) is 0 Å². The Balaban J connectivity index is 1.64. The van der Waals surface area contributed by atoms with Crippen LogP contribution in [0, 0.1) is 5.92 Å². The zero-order valence-electron chi connectivity index (χ0n) is 10.7. The van der Waals surface area contributed by atoms with E-state index in [4.69, 9.17) is 0 Å². The van der Waals surface area contributed by atoms with Crippen molar-refractivity contribution in [1.29, 1.82) is 0 Å². The summed E-state index contributed by atoms with van der Waals surface area (Å²) in [5.74, 6) is 0.104. The van der Waals surface area contributed by atoms with E-state index in [9.17, 15) is 13.2 Å². The van der Waals surface area contributed by atoms with E-state index in [1.54, 1.807) is 0 Å². The van der Waals surface area contributed by atoms with Crippen molar-refractivity contribution < 1.29 is 13.2 Å². The number of nitrogens with one attached hydrogen (secondary N) is 1. The van der Waals surface area contributed by atoms with Crippen molar-refractivity contribution in [2.75, 3.05) is 16.8 Å². The minimum atomic E-state index is -2.93. The predicted molar refractivity (Wildman–Crippen MR) is 79.6 cm³/mol. The molecule has 1 amide bonds. The lowest BCUT2D eigenvalue weighted by Crippen LogP contribution is -2.17. The van der Waals surface area contributed by atoms with E-state index in [-0.39, 0.29) is 29.8 Å². The first-order chi connectivity index (χ1) is 9.52. The number of rotatable bonds is 3. The number of anilines is 1. The lowest BCUT2D eigenvalue weighted by Gasteiger charge is -2.06. The molecule has 106 valence electrons. The van der Waals surface area contributed by atoms with Gasteiger partial charge in [-0.05, 0) is 24.5 Å². The molecule has 0 unspecified atom stereocenters. The van der Waals surface area contributed by atoms with Crippen LogP contribution in [0.2, 0.25) is 0 Å². The van der Waals surface area contributed by atoms with E-state index in [2.05, 4.69) is 10.3 Å².